The van der Waals surface area contributed by atoms with Gasteiger partial charge >= 0.3 is 0 Å². The Bertz CT molecular complexity index is 359. The zero-order chi connectivity index (χ0) is 13.6. The lowest BCUT2D eigenvalue weighted by Crippen LogP contribution is -2.25. The first kappa shape index (κ1) is 15.2. The van der Waals surface area contributed by atoms with Gasteiger partial charge in [-0.2, -0.15) is 0 Å². The van der Waals surface area contributed by atoms with Crippen LogP contribution in [0.15, 0.2) is 24.3 Å². The lowest BCUT2D eigenvalue weighted by molar-refractivity contribution is 0.0167. The number of hydrogen-bond donors (Lipinski definition) is 3. The molecule has 0 radical (unpaired) electrons. The van der Waals surface area contributed by atoms with Crippen molar-refractivity contribution < 1.29 is 10.2 Å². The fourth-order valence-electron chi connectivity index (χ4n) is 2.41. The van der Waals surface area contributed by atoms with E-state index in [1.54, 1.807) is 0 Å². The minimum absolute atomic E-state index is 0.198. The van der Waals surface area contributed by atoms with E-state index >= 15 is 0 Å². The largest absolute Gasteiger partial charge is 0.387 e. The fourth-order valence-corrected chi connectivity index (χ4v) is 2.41. The molecule has 0 fully saturated rings. The summed E-state index contributed by atoms with van der Waals surface area (Å²) in [5.74, 6) is 0. The zero-order valence-electron chi connectivity index (χ0n) is 11.4. The van der Waals surface area contributed by atoms with Gasteiger partial charge in [0.25, 0.3) is 0 Å². The maximum Gasteiger partial charge on any atom is 0.0912 e. The number of aliphatic hydroxyl groups is 2. The van der Waals surface area contributed by atoms with Gasteiger partial charge in [0.2, 0.25) is 0 Å². The van der Waals surface area contributed by atoms with Crippen molar-refractivity contribution in [3.8, 4) is 0 Å². The van der Waals surface area contributed by atoms with Crippen LogP contribution in [0.4, 0.5) is 0 Å². The van der Waals surface area contributed by atoms with Crippen molar-refractivity contribution in [3.05, 3.63) is 35.4 Å². The van der Waals surface area contributed by atoms with E-state index in [0.717, 1.165) is 36.8 Å². The minimum atomic E-state index is -0.784. The number of aliphatic hydroxyl groups excluding tert-OH is 1. The van der Waals surface area contributed by atoms with Crippen LogP contribution >= 0.6 is 0 Å². The summed E-state index contributed by atoms with van der Waals surface area (Å²) in [6, 6.07) is 7.53. The monoisotopic (exact) mass is 251 g/mol. The zero-order valence-corrected chi connectivity index (χ0v) is 11.4. The molecule has 3 heteroatoms. The van der Waals surface area contributed by atoms with Crippen LogP contribution in [0.3, 0.4) is 0 Å². The van der Waals surface area contributed by atoms with Gasteiger partial charge in [0.05, 0.1) is 11.7 Å². The molecule has 1 aromatic carbocycles. The van der Waals surface area contributed by atoms with Crippen LogP contribution in [0.2, 0.25) is 0 Å². The van der Waals surface area contributed by atoms with Crippen molar-refractivity contribution in [1.82, 2.24) is 0 Å². The van der Waals surface area contributed by atoms with E-state index in [0.29, 0.717) is 0 Å². The molecule has 3 nitrogen and oxygen atoms in total. The summed E-state index contributed by atoms with van der Waals surface area (Å²) in [6.07, 6.45) is 2.68. The average molecular weight is 251 g/mol. The van der Waals surface area contributed by atoms with Crippen molar-refractivity contribution in [2.75, 3.05) is 6.54 Å². The van der Waals surface area contributed by atoms with E-state index in [-0.39, 0.29) is 6.54 Å². The van der Waals surface area contributed by atoms with Crippen molar-refractivity contribution in [3.63, 3.8) is 0 Å². The highest BCUT2D eigenvalue weighted by molar-refractivity contribution is 5.29. The summed E-state index contributed by atoms with van der Waals surface area (Å²) in [7, 11) is 0. The Hall–Kier alpha value is -0.900. The average Bonchev–Trinajstić information content (AvgIpc) is 2.38. The second-order valence-corrected chi connectivity index (χ2v) is 4.91. The van der Waals surface area contributed by atoms with Crippen molar-refractivity contribution in [1.29, 1.82) is 0 Å². The molecule has 0 aliphatic rings. The second-order valence-electron chi connectivity index (χ2n) is 4.91. The van der Waals surface area contributed by atoms with Crippen LogP contribution in [-0.4, -0.2) is 16.8 Å². The molecular formula is C15H25NO2. The Morgan fingerprint density at radius 2 is 1.83 bits per heavy atom. The molecule has 0 aliphatic carbocycles. The lowest BCUT2D eigenvalue weighted by Gasteiger charge is -2.29. The molecule has 0 unspecified atom stereocenters. The molecule has 0 amide bonds. The van der Waals surface area contributed by atoms with E-state index in [1.165, 1.54) is 0 Å². The minimum Gasteiger partial charge on any atom is -0.387 e. The number of benzene rings is 1. The quantitative estimate of drug-likeness (QED) is 0.697. The van der Waals surface area contributed by atoms with Gasteiger partial charge in [-0.05, 0) is 24.0 Å². The van der Waals surface area contributed by atoms with Crippen LogP contribution < -0.4 is 5.73 Å². The lowest BCUT2D eigenvalue weighted by atomic mass is 9.84. The van der Waals surface area contributed by atoms with Crippen LogP contribution in [0.25, 0.3) is 0 Å². The van der Waals surface area contributed by atoms with Gasteiger partial charge in [0, 0.05) is 6.54 Å². The van der Waals surface area contributed by atoms with Gasteiger partial charge in [0.1, 0.15) is 0 Å². The standard InChI is InChI=1S/C15H25NO2/c1-3-8-15(18,9-4-2)13-7-5-6-12(10-13)14(17)11-16/h5-7,10,14,17-18H,3-4,8-9,11,16H2,1-2H3/t14-/m1/s1. The highest BCUT2D eigenvalue weighted by atomic mass is 16.3. The van der Waals surface area contributed by atoms with Gasteiger partial charge in [-0.25, -0.2) is 0 Å². The summed E-state index contributed by atoms with van der Waals surface area (Å²) in [6.45, 7) is 4.34. The molecule has 0 heterocycles. The molecule has 0 aliphatic heterocycles. The molecule has 1 rings (SSSR count). The van der Waals surface area contributed by atoms with Gasteiger partial charge in [-0.1, -0.05) is 51.0 Å². The number of hydrogen-bond acceptors (Lipinski definition) is 3. The molecule has 0 saturated carbocycles. The Morgan fingerprint density at radius 1 is 1.22 bits per heavy atom. The van der Waals surface area contributed by atoms with Gasteiger partial charge in [0.15, 0.2) is 0 Å². The predicted molar refractivity (Wildman–Crippen MR) is 74.2 cm³/mol. The summed E-state index contributed by atoms with van der Waals surface area (Å²) in [4.78, 5) is 0. The summed E-state index contributed by atoms with van der Waals surface area (Å²) in [5.41, 5.74) is 6.35. The maximum atomic E-state index is 10.7. The number of nitrogens with two attached hydrogens (primary N) is 1. The van der Waals surface area contributed by atoms with E-state index in [9.17, 15) is 10.2 Å². The molecule has 4 N–H and O–H groups in total. The van der Waals surface area contributed by atoms with Crippen molar-refractivity contribution in [2.24, 2.45) is 5.73 Å². The summed E-state index contributed by atoms with van der Waals surface area (Å²) in [5, 5.41) is 20.5. The third-order valence-electron chi connectivity index (χ3n) is 3.36. The van der Waals surface area contributed by atoms with Crippen molar-refractivity contribution >= 4 is 0 Å². The van der Waals surface area contributed by atoms with Crippen molar-refractivity contribution in [2.45, 2.75) is 51.2 Å². The van der Waals surface area contributed by atoms with E-state index in [4.69, 9.17) is 5.73 Å². The van der Waals surface area contributed by atoms with Gasteiger partial charge in [-0.15, -0.1) is 0 Å². The Balaban J connectivity index is 3.05. The first-order valence-corrected chi connectivity index (χ1v) is 6.78. The van der Waals surface area contributed by atoms with Gasteiger partial charge in [-0.3, -0.25) is 0 Å². The Labute approximate surface area is 110 Å². The number of rotatable bonds is 7. The first-order chi connectivity index (χ1) is 8.57. The van der Waals surface area contributed by atoms with Crippen LogP contribution in [-0.2, 0) is 5.60 Å². The predicted octanol–water partition coefficient (Wildman–Crippen LogP) is 2.47. The third-order valence-corrected chi connectivity index (χ3v) is 3.36. The highest BCUT2D eigenvalue weighted by Gasteiger charge is 2.27. The highest BCUT2D eigenvalue weighted by Crippen LogP contribution is 2.32. The first-order valence-electron chi connectivity index (χ1n) is 6.78. The topological polar surface area (TPSA) is 66.5 Å². The fraction of sp³-hybridized carbons (Fsp3) is 0.600. The Morgan fingerprint density at radius 3 is 2.33 bits per heavy atom. The molecule has 0 bridgehead atoms. The van der Waals surface area contributed by atoms with Gasteiger partial charge < -0.3 is 15.9 Å². The molecule has 1 atom stereocenters. The van der Waals surface area contributed by atoms with E-state index < -0.39 is 11.7 Å². The SMILES string of the molecule is CCCC(O)(CCC)c1cccc([C@H](O)CN)c1. The molecule has 1 aromatic rings. The van der Waals surface area contributed by atoms with Crippen LogP contribution in [0, 0.1) is 0 Å². The van der Waals surface area contributed by atoms with Crippen LogP contribution in [0.5, 0.6) is 0 Å². The summed E-state index contributed by atoms with van der Waals surface area (Å²) >= 11 is 0. The third kappa shape index (κ3) is 3.55. The molecule has 18 heavy (non-hydrogen) atoms. The van der Waals surface area contributed by atoms with Crippen LogP contribution in [0.1, 0.15) is 56.8 Å². The second kappa shape index (κ2) is 6.88. The van der Waals surface area contributed by atoms with E-state index in [2.05, 4.69) is 13.8 Å². The maximum absolute atomic E-state index is 10.7. The molecule has 0 aromatic heterocycles. The smallest absolute Gasteiger partial charge is 0.0912 e. The molecule has 0 spiro atoms. The summed E-state index contributed by atoms with van der Waals surface area (Å²) < 4.78 is 0. The van der Waals surface area contributed by atoms with E-state index in [1.807, 2.05) is 24.3 Å². The normalized spacial score (nSPS) is 13.6. The Kier molecular flexibility index (Phi) is 5.79. The molecular weight excluding hydrogens is 226 g/mol. The molecule has 102 valence electrons. The molecule has 0 saturated heterocycles.